The molecule has 16 heteroatoms. The summed E-state index contributed by atoms with van der Waals surface area (Å²) in [6.45, 7) is -0.569. The number of carbonyl (C=O) groups excluding carboxylic acids is 1. The van der Waals surface area contributed by atoms with Gasteiger partial charge in [-0.3, -0.25) is 23.4 Å². The summed E-state index contributed by atoms with van der Waals surface area (Å²) in [5.74, 6) is -0.0273. The second kappa shape index (κ2) is 9.83. The Morgan fingerprint density at radius 1 is 1.26 bits per heavy atom. The number of phosphoric ester groups is 1. The molecule has 1 aliphatic heterocycles. The molecule has 188 valence electrons. The number of carbonyl (C=O) groups is 1. The van der Waals surface area contributed by atoms with Crippen LogP contribution in [0.15, 0.2) is 35.4 Å². The number of anilines is 1. The van der Waals surface area contributed by atoms with Crippen LogP contribution in [0.3, 0.4) is 0 Å². The Hall–Kier alpha value is -3.17. The number of methoxy groups -OCH3 is 1. The summed E-state index contributed by atoms with van der Waals surface area (Å²) in [7, 11) is -1.88. The summed E-state index contributed by atoms with van der Waals surface area (Å²) in [6.07, 6.45) is -4.32. The largest absolute Gasteiger partial charge is 0.497 e. The molecule has 0 aliphatic carbocycles. The van der Waals surface area contributed by atoms with Crippen LogP contribution in [0.25, 0.3) is 11.2 Å². The number of nitrogens with zero attached hydrogens (tertiary/aromatic N) is 3. The first kappa shape index (κ1) is 24.9. The summed E-state index contributed by atoms with van der Waals surface area (Å²) >= 11 is 0. The molecular weight excluding hydrogens is 489 g/mol. The molecule has 5 atom stereocenters. The highest BCUT2D eigenvalue weighted by atomic mass is 31.2. The van der Waals surface area contributed by atoms with Crippen molar-refractivity contribution in [2.45, 2.75) is 24.5 Å². The van der Waals surface area contributed by atoms with Crippen molar-refractivity contribution in [3.8, 4) is 5.75 Å². The van der Waals surface area contributed by atoms with Gasteiger partial charge in [0.25, 0.3) is 5.91 Å². The van der Waals surface area contributed by atoms with E-state index in [4.69, 9.17) is 14.0 Å². The predicted molar refractivity (Wildman–Crippen MR) is 118 cm³/mol. The maximum absolute atomic E-state index is 12.7. The van der Waals surface area contributed by atoms with Crippen molar-refractivity contribution in [1.29, 1.82) is 0 Å². The van der Waals surface area contributed by atoms with Crippen molar-refractivity contribution in [2.75, 3.05) is 26.1 Å². The average Bonchev–Trinajstić information content (AvgIpc) is 3.38. The molecule has 1 fully saturated rings. The molecule has 35 heavy (non-hydrogen) atoms. The molecule has 1 unspecified atom stereocenters. The van der Waals surface area contributed by atoms with Gasteiger partial charge in [0, 0.05) is 12.7 Å². The van der Waals surface area contributed by atoms with E-state index in [2.05, 4.69) is 24.8 Å². The van der Waals surface area contributed by atoms with Crippen LogP contribution in [0.5, 0.6) is 5.75 Å². The normalized spacial score (nSPS) is 23.8. The summed E-state index contributed by atoms with van der Waals surface area (Å²) in [6, 6.07) is 6.26. The van der Waals surface area contributed by atoms with Crippen LogP contribution in [-0.4, -0.2) is 79.7 Å². The number of fused-ring (bicyclic) bond motifs is 1. The van der Waals surface area contributed by atoms with Crippen molar-refractivity contribution >= 4 is 30.7 Å². The van der Waals surface area contributed by atoms with Gasteiger partial charge in [0.1, 0.15) is 35.4 Å². The number of hydrogen-bond acceptors (Lipinski definition) is 11. The third-order valence-electron chi connectivity index (χ3n) is 5.28. The third kappa shape index (κ3) is 5.11. The van der Waals surface area contributed by atoms with Gasteiger partial charge in [-0.25, -0.2) is 14.3 Å². The molecule has 1 saturated heterocycles. The zero-order valence-corrected chi connectivity index (χ0v) is 19.3. The van der Waals surface area contributed by atoms with Gasteiger partial charge in [-0.15, -0.1) is 0 Å². The van der Waals surface area contributed by atoms with Gasteiger partial charge in [0.2, 0.25) is 0 Å². The number of aromatic nitrogens is 4. The highest BCUT2D eigenvalue weighted by Crippen LogP contribution is 2.43. The molecule has 0 radical (unpaired) electrons. The minimum atomic E-state index is -4.34. The third-order valence-corrected chi connectivity index (χ3v) is 6.22. The average molecular weight is 511 g/mol. The molecule has 2 aromatic heterocycles. The molecule has 0 spiro atoms. The Morgan fingerprint density at radius 2 is 1.97 bits per heavy atom. The minimum Gasteiger partial charge on any atom is -0.497 e. The molecule has 3 aromatic rings. The fourth-order valence-electron chi connectivity index (χ4n) is 3.45. The van der Waals surface area contributed by atoms with Crippen LogP contribution in [0.1, 0.15) is 16.6 Å². The maximum atomic E-state index is 12.7. The molecule has 1 aromatic carbocycles. The van der Waals surface area contributed by atoms with Gasteiger partial charge >= 0.3 is 13.5 Å². The lowest BCUT2D eigenvalue weighted by Gasteiger charge is -2.17. The Labute approximate surface area is 196 Å². The highest BCUT2D eigenvalue weighted by Gasteiger charge is 2.45. The molecule has 5 N–H and O–H groups in total. The molecule has 1 aliphatic rings. The van der Waals surface area contributed by atoms with Crippen LogP contribution in [0.2, 0.25) is 0 Å². The van der Waals surface area contributed by atoms with E-state index in [1.165, 1.54) is 30.1 Å². The number of H-pyrrole nitrogens is 1. The number of aromatic amines is 1. The van der Waals surface area contributed by atoms with Gasteiger partial charge in [0.05, 0.1) is 20.0 Å². The number of imidazole rings is 1. The zero-order chi connectivity index (χ0) is 25.3. The van der Waals surface area contributed by atoms with Gasteiger partial charge in [0.15, 0.2) is 11.9 Å². The lowest BCUT2D eigenvalue weighted by molar-refractivity contribution is -0.0509. The van der Waals surface area contributed by atoms with Crippen molar-refractivity contribution in [2.24, 2.45) is 0 Å². The van der Waals surface area contributed by atoms with Gasteiger partial charge in [-0.1, -0.05) is 0 Å². The monoisotopic (exact) mass is 511 g/mol. The van der Waals surface area contributed by atoms with E-state index in [-0.39, 0.29) is 22.5 Å². The topological polar surface area (TPSA) is 207 Å². The smallest absolute Gasteiger partial charge is 0.472 e. The summed E-state index contributed by atoms with van der Waals surface area (Å²) in [5.41, 5.74) is -0.510. The quantitative estimate of drug-likeness (QED) is 0.248. The molecule has 1 amide bonds. The van der Waals surface area contributed by atoms with Crippen molar-refractivity contribution in [3.05, 3.63) is 46.6 Å². The molecule has 4 rings (SSSR count). The van der Waals surface area contributed by atoms with Gasteiger partial charge in [-0.05, 0) is 24.3 Å². The van der Waals surface area contributed by atoms with Crippen molar-refractivity contribution in [1.82, 2.24) is 19.5 Å². The molecular formula is C19H22N5O10P. The fourth-order valence-corrected chi connectivity index (χ4v) is 3.89. The molecule has 0 saturated carbocycles. The first-order valence-electron chi connectivity index (χ1n) is 10.1. The van der Waals surface area contributed by atoms with E-state index in [1.54, 1.807) is 12.1 Å². The molecule has 3 heterocycles. The van der Waals surface area contributed by atoms with E-state index < -0.39 is 50.6 Å². The van der Waals surface area contributed by atoms with Crippen molar-refractivity contribution in [3.63, 3.8) is 0 Å². The molecule has 15 nitrogen and oxygen atoms in total. The standard InChI is InChI=1S/C19H22N5O10P/c1-31-10-5-3-9(4-6-10)17(27)21-15-12-16(23-19(28)22-15)24(8-20-12)18-14(26)13(25)11(34-18)7-33-35(29,30)32-2/h3-6,8,11,13-14,18,25-26H,7H2,1-2H3,(H,29,30)(H2,21,22,23,27,28)/t11-,13-,14-,18-/m1/s1. The van der Waals surface area contributed by atoms with Gasteiger partial charge < -0.3 is 29.9 Å². The zero-order valence-electron chi connectivity index (χ0n) is 18.4. The summed E-state index contributed by atoms with van der Waals surface area (Å²) in [4.78, 5) is 44.6. The number of hydrogen-bond donors (Lipinski definition) is 5. The van der Waals surface area contributed by atoms with E-state index in [0.29, 0.717) is 5.75 Å². The Kier molecular flexibility index (Phi) is 7.00. The Balaban J connectivity index is 1.59. The number of ether oxygens (including phenoxy) is 2. The SMILES string of the molecule is COc1ccc(C(=O)Nc2[nH]c(=O)nc3c2ncn3[C@@H]2O[C@H](COP(=O)(O)OC)[C@@H](O)[C@H]2O)cc1. The summed E-state index contributed by atoms with van der Waals surface area (Å²) in [5, 5.41) is 23.3. The number of phosphoric acid groups is 1. The number of aliphatic hydroxyl groups excluding tert-OH is 2. The van der Waals surface area contributed by atoms with E-state index in [9.17, 15) is 29.3 Å². The minimum absolute atomic E-state index is 0.0474. The summed E-state index contributed by atoms with van der Waals surface area (Å²) < 4.78 is 32.4. The number of rotatable bonds is 8. The molecule has 0 bridgehead atoms. The van der Waals surface area contributed by atoms with E-state index >= 15 is 0 Å². The van der Waals surface area contributed by atoms with Crippen LogP contribution < -0.4 is 15.7 Å². The first-order chi connectivity index (χ1) is 16.6. The van der Waals surface area contributed by atoms with Gasteiger partial charge in [-0.2, -0.15) is 4.98 Å². The van der Waals surface area contributed by atoms with Crippen LogP contribution >= 0.6 is 7.82 Å². The maximum Gasteiger partial charge on any atom is 0.472 e. The highest BCUT2D eigenvalue weighted by molar-refractivity contribution is 7.47. The van der Waals surface area contributed by atoms with Crippen LogP contribution in [0.4, 0.5) is 5.82 Å². The number of aliphatic hydroxyl groups is 2. The fraction of sp³-hybridized carbons (Fsp3) is 0.368. The Bertz CT molecular complexity index is 1330. The number of benzene rings is 1. The lowest BCUT2D eigenvalue weighted by atomic mass is 10.1. The van der Waals surface area contributed by atoms with Crippen LogP contribution in [-0.2, 0) is 18.3 Å². The lowest BCUT2D eigenvalue weighted by Crippen LogP contribution is -2.33. The predicted octanol–water partition coefficient (Wildman–Crippen LogP) is -0.237. The number of nitrogens with one attached hydrogen (secondary N) is 2. The van der Waals surface area contributed by atoms with E-state index in [0.717, 1.165) is 7.11 Å². The van der Waals surface area contributed by atoms with Crippen LogP contribution in [0, 0.1) is 0 Å². The van der Waals surface area contributed by atoms with Crippen molar-refractivity contribution < 1.29 is 43.0 Å². The van der Waals surface area contributed by atoms with E-state index in [1.807, 2.05) is 0 Å². The second-order valence-electron chi connectivity index (χ2n) is 7.42. The first-order valence-corrected chi connectivity index (χ1v) is 11.6. The Morgan fingerprint density at radius 3 is 2.63 bits per heavy atom. The number of amides is 1. The second-order valence-corrected chi connectivity index (χ2v) is 8.98.